The maximum atomic E-state index is 6.59. The highest BCUT2D eigenvalue weighted by molar-refractivity contribution is 6.76. The predicted molar refractivity (Wildman–Crippen MR) is 132 cm³/mol. The molecule has 0 aromatic carbocycles. The van der Waals surface area contributed by atoms with E-state index >= 15 is 0 Å². The van der Waals surface area contributed by atoms with Crippen LogP contribution in [-0.4, -0.2) is 40.5 Å². The lowest BCUT2D eigenvalue weighted by molar-refractivity contribution is 0.0787. The summed E-state index contributed by atoms with van der Waals surface area (Å²) >= 11 is 6.59. The van der Waals surface area contributed by atoms with Crippen LogP contribution in [0.5, 0.6) is 0 Å². The summed E-state index contributed by atoms with van der Waals surface area (Å²) in [6.45, 7) is 8.36. The van der Waals surface area contributed by atoms with E-state index in [1.807, 2.05) is 4.68 Å². The molecule has 32 heavy (non-hydrogen) atoms. The van der Waals surface area contributed by atoms with Gasteiger partial charge in [0.15, 0.2) is 0 Å². The Kier molecular flexibility index (Phi) is 7.70. The van der Waals surface area contributed by atoms with E-state index in [9.17, 15) is 0 Å². The number of ether oxygens (including phenoxy) is 1. The number of hydrogen-bond donors (Lipinski definition) is 1. The number of aromatic nitrogens is 4. The van der Waals surface area contributed by atoms with E-state index in [1.165, 1.54) is 18.4 Å². The van der Waals surface area contributed by atoms with E-state index in [0.29, 0.717) is 23.7 Å². The molecule has 0 aliphatic heterocycles. The monoisotopic (exact) mass is 475 g/mol. The molecule has 0 amide bonds. The largest absolute Gasteiger partial charge is 0.360 e. The zero-order valence-electron chi connectivity index (χ0n) is 19.8. The van der Waals surface area contributed by atoms with E-state index in [-0.39, 0.29) is 0 Å². The van der Waals surface area contributed by atoms with Crippen molar-refractivity contribution in [2.24, 2.45) is 17.6 Å². The summed E-state index contributed by atoms with van der Waals surface area (Å²) in [5.41, 5.74) is 8.95. The lowest BCUT2D eigenvalue weighted by Crippen LogP contribution is -2.27. The number of nitrogens with two attached hydrogens (primary N) is 1. The molecular weight excluding hydrogens is 438 g/mol. The van der Waals surface area contributed by atoms with Crippen LogP contribution in [0.2, 0.25) is 30.7 Å². The predicted octanol–water partition coefficient (Wildman–Crippen LogP) is 5.32. The second-order valence-electron chi connectivity index (χ2n) is 11.0. The van der Waals surface area contributed by atoms with E-state index in [2.05, 4.69) is 30.8 Å². The topological polar surface area (TPSA) is 78.9 Å². The zero-order chi connectivity index (χ0) is 22.7. The third-order valence-electron chi connectivity index (χ3n) is 6.64. The molecule has 2 fully saturated rings. The number of nitrogens with zero attached hydrogens (tertiary/aromatic N) is 4. The second kappa shape index (κ2) is 10.3. The molecule has 0 spiro atoms. The zero-order valence-corrected chi connectivity index (χ0v) is 21.6. The maximum Gasteiger partial charge on any atom is 0.139 e. The highest BCUT2D eigenvalue weighted by Gasteiger charge is 2.26. The molecular formula is C24H38ClN5OSi. The van der Waals surface area contributed by atoms with E-state index in [0.717, 1.165) is 74.3 Å². The van der Waals surface area contributed by atoms with Crippen molar-refractivity contribution in [1.29, 1.82) is 0 Å². The van der Waals surface area contributed by atoms with Gasteiger partial charge < -0.3 is 10.5 Å². The van der Waals surface area contributed by atoms with E-state index < -0.39 is 8.07 Å². The lowest BCUT2D eigenvalue weighted by Gasteiger charge is -2.25. The Labute approximate surface area is 198 Å². The third kappa shape index (κ3) is 6.86. The summed E-state index contributed by atoms with van der Waals surface area (Å²) in [7, 11) is -1.10. The van der Waals surface area contributed by atoms with Gasteiger partial charge in [-0.1, -0.05) is 31.2 Å². The van der Waals surface area contributed by atoms with Crippen LogP contribution in [0.3, 0.4) is 0 Å². The van der Waals surface area contributed by atoms with Gasteiger partial charge in [0.25, 0.3) is 0 Å². The van der Waals surface area contributed by atoms with Crippen LogP contribution in [0, 0.1) is 11.8 Å². The second-order valence-corrected chi connectivity index (χ2v) is 17.0. The highest BCUT2D eigenvalue weighted by atomic mass is 35.5. The van der Waals surface area contributed by atoms with Gasteiger partial charge in [-0.2, -0.15) is 5.10 Å². The van der Waals surface area contributed by atoms with Gasteiger partial charge in [0.2, 0.25) is 0 Å². The van der Waals surface area contributed by atoms with Crippen molar-refractivity contribution >= 4 is 19.7 Å². The molecule has 176 valence electrons. The summed E-state index contributed by atoms with van der Waals surface area (Å²) in [5.74, 6) is 2.22. The SMILES string of the molecule is C[Si](C)(C)CCOCn1cc(CC2CC2)c(-c2nc(CC3CCC(N)CC3)ncc2Cl)n1. The minimum absolute atomic E-state index is 0.356. The van der Waals surface area contributed by atoms with Gasteiger partial charge >= 0.3 is 0 Å². The summed E-state index contributed by atoms with van der Waals surface area (Å²) in [6, 6.07) is 1.51. The molecule has 0 saturated heterocycles. The van der Waals surface area contributed by atoms with Crippen molar-refractivity contribution in [3.63, 3.8) is 0 Å². The van der Waals surface area contributed by atoms with Crippen molar-refractivity contribution in [3.05, 3.63) is 28.8 Å². The molecule has 8 heteroatoms. The number of hydrogen-bond acceptors (Lipinski definition) is 5. The Hall–Kier alpha value is -1.28. The van der Waals surface area contributed by atoms with E-state index in [4.69, 9.17) is 32.2 Å². The van der Waals surface area contributed by atoms with Crippen molar-refractivity contribution < 1.29 is 4.74 Å². The average Bonchev–Trinajstić information content (AvgIpc) is 3.46. The molecule has 2 heterocycles. The first-order chi connectivity index (χ1) is 15.3. The minimum atomic E-state index is -1.10. The molecule has 2 aliphatic carbocycles. The fourth-order valence-electron chi connectivity index (χ4n) is 4.37. The lowest BCUT2D eigenvalue weighted by atomic mass is 9.84. The Morgan fingerprint density at radius 3 is 2.44 bits per heavy atom. The Morgan fingerprint density at radius 2 is 1.75 bits per heavy atom. The summed E-state index contributed by atoms with van der Waals surface area (Å²) in [6.07, 6.45) is 12.9. The molecule has 2 N–H and O–H groups in total. The summed E-state index contributed by atoms with van der Waals surface area (Å²) < 4.78 is 7.86. The van der Waals surface area contributed by atoms with Crippen LogP contribution in [0.15, 0.2) is 12.4 Å². The molecule has 2 aliphatic rings. The quantitative estimate of drug-likeness (QED) is 0.371. The highest BCUT2D eigenvalue weighted by Crippen LogP contribution is 2.36. The Bertz CT molecular complexity index is 900. The van der Waals surface area contributed by atoms with Crippen LogP contribution in [0.1, 0.15) is 49.9 Å². The first kappa shape index (κ1) is 23.9. The van der Waals surface area contributed by atoms with Crippen LogP contribution >= 0.6 is 11.6 Å². The van der Waals surface area contributed by atoms with Gasteiger partial charge in [-0.25, -0.2) is 14.6 Å². The average molecular weight is 476 g/mol. The number of halogens is 1. The van der Waals surface area contributed by atoms with Crippen LogP contribution in [0.4, 0.5) is 0 Å². The molecule has 4 rings (SSSR count). The fourth-order valence-corrected chi connectivity index (χ4v) is 5.30. The molecule has 2 aromatic rings. The number of rotatable bonds is 10. The fraction of sp³-hybridized carbons (Fsp3) is 0.708. The van der Waals surface area contributed by atoms with Gasteiger partial charge in [0.1, 0.15) is 23.9 Å². The maximum absolute atomic E-state index is 6.59. The molecule has 6 nitrogen and oxygen atoms in total. The van der Waals surface area contributed by atoms with Crippen molar-refractivity contribution in [1.82, 2.24) is 19.7 Å². The van der Waals surface area contributed by atoms with Crippen molar-refractivity contribution in [2.75, 3.05) is 6.61 Å². The first-order valence-electron chi connectivity index (χ1n) is 12.2. The standard InChI is InChI=1S/C24H38ClN5OSi/c1-32(2,3)11-10-31-16-30-15-19(12-17-4-5-17)23(29-30)24-21(25)14-27-22(28-24)13-18-6-8-20(26)9-7-18/h14-15,17-18,20H,4-13,16,26H2,1-3H3. The van der Waals surface area contributed by atoms with Gasteiger partial charge in [-0.05, 0) is 62.8 Å². The van der Waals surface area contributed by atoms with Gasteiger partial charge in [-0.3, -0.25) is 0 Å². The van der Waals surface area contributed by atoms with Crippen LogP contribution in [0.25, 0.3) is 11.4 Å². The van der Waals surface area contributed by atoms with Crippen molar-refractivity contribution in [2.45, 2.75) is 89.8 Å². The summed E-state index contributed by atoms with van der Waals surface area (Å²) in [4.78, 5) is 9.44. The van der Waals surface area contributed by atoms with Crippen LogP contribution in [-0.2, 0) is 24.3 Å². The van der Waals surface area contributed by atoms with E-state index in [1.54, 1.807) is 6.20 Å². The van der Waals surface area contributed by atoms with Crippen LogP contribution < -0.4 is 5.73 Å². The van der Waals surface area contributed by atoms with Gasteiger partial charge in [0, 0.05) is 45.1 Å². The van der Waals surface area contributed by atoms with Gasteiger partial charge in [0.05, 0.1) is 5.02 Å². The molecule has 2 saturated carbocycles. The van der Waals surface area contributed by atoms with Crippen molar-refractivity contribution in [3.8, 4) is 11.4 Å². The third-order valence-corrected chi connectivity index (χ3v) is 8.62. The molecule has 0 bridgehead atoms. The minimum Gasteiger partial charge on any atom is -0.360 e. The summed E-state index contributed by atoms with van der Waals surface area (Å²) in [5, 5.41) is 5.44. The van der Waals surface area contributed by atoms with Gasteiger partial charge in [-0.15, -0.1) is 0 Å². The first-order valence-corrected chi connectivity index (χ1v) is 16.3. The Morgan fingerprint density at radius 1 is 1.06 bits per heavy atom. The normalized spacial score (nSPS) is 21.8. The smallest absolute Gasteiger partial charge is 0.139 e. The molecule has 0 atom stereocenters. The Balaban J connectivity index is 1.49. The molecule has 0 radical (unpaired) electrons. The molecule has 2 aromatic heterocycles. The molecule has 0 unspecified atom stereocenters.